The molecule has 0 aromatic carbocycles. The van der Waals surface area contributed by atoms with Gasteiger partial charge in [-0.3, -0.25) is 0 Å². The first-order valence-corrected chi connectivity index (χ1v) is 4.58. The summed E-state index contributed by atoms with van der Waals surface area (Å²) in [6, 6.07) is 0. The van der Waals surface area contributed by atoms with Crippen molar-refractivity contribution in [2.45, 2.75) is 39.2 Å². The second-order valence-corrected chi connectivity index (χ2v) is 3.87. The van der Waals surface area contributed by atoms with Crippen molar-refractivity contribution in [2.75, 3.05) is 0 Å². The van der Waals surface area contributed by atoms with Crippen LogP contribution in [0.4, 0.5) is 8.78 Å². The zero-order chi connectivity index (χ0) is 10.9. The molecule has 0 aliphatic carbocycles. The Hall–Kier alpha value is -0.930. The number of carbonyl (C=O) groups is 1. The fourth-order valence-electron chi connectivity index (χ4n) is 1.34. The van der Waals surface area contributed by atoms with Crippen LogP contribution in [0.15, 0.2) is 11.6 Å². The Morgan fingerprint density at radius 2 is 2.14 bits per heavy atom. The fourth-order valence-corrected chi connectivity index (χ4v) is 1.34. The Morgan fingerprint density at radius 3 is 2.50 bits per heavy atom. The summed E-state index contributed by atoms with van der Waals surface area (Å²) in [6.45, 7) is 5.09. The Balaban J connectivity index is 2.68. The predicted octanol–water partition coefficient (Wildman–Crippen LogP) is 2.54. The minimum atomic E-state index is -3.32. The van der Waals surface area contributed by atoms with E-state index in [1.54, 1.807) is 6.08 Å². The largest absolute Gasteiger partial charge is 0.457 e. The number of allylic oxidation sites excluding steroid dienone is 1. The normalized spacial score (nSPS) is 29.9. The Labute approximate surface area is 81.9 Å². The van der Waals surface area contributed by atoms with Gasteiger partial charge in [0.15, 0.2) is 0 Å². The van der Waals surface area contributed by atoms with Gasteiger partial charge in [0, 0.05) is 6.42 Å². The number of carbonyl (C=O) groups excluding carboxylic acids is 1. The van der Waals surface area contributed by atoms with E-state index >= 15 is 0 Å². The number of halogens is 2. The third-order valence-electron chi connectivity index (χ3n) is 2.42. The lowest BCUT2D eigenvalue weighted by Gasteiger charge is -2.13. The first-order valence-electron chi connectivity index (χ1n) is 4.58. The van der Waals surface area contributed by atoms with Gasteiger partial charge in [0.2, 0.25) is 0 Å². The van der Waals surface area contributed by atoms with Gasteiger partial charge in [-0.2, -0.15) is 8.78 Å². The Morgan fingerprint density at radius 1 is 1.57 bits per heavy atom. The summed E-state index contributed by atoms with van der Waals surface area (Å²) in [7, 11) is 0. The van der Waals surface area contributed by atoms with Crippen molar-refractivity contribution >= 4 is 5.97 Å². The van der Waals surface area contributed by atoms with E-state index in [2.05, 4.69) is 4.74 Å². The van der Waals surface area contributed by atoms with E-state index in [1.165, 1.54) is 6.92 Å². The van der Waals surface area contributed by atoms with Crippen LogP contribution < -0.4 is 0 Å². The molecule has 4 heteroatoms. The number of ether oxygens (including phenoxy) is 1. The van der Waals surface area contributed by atoms with E-state index in [4.69, 9.17) is 0 Å². The molecule has 0 bridgehead atoms. The molecule has 1 rings (SSSR count). The summed E-state index contributed by atoms with van der Waals surface area (Å²) in [6.07, 6.45) is 1.48. The van der Waals surface area contributed by atoms with E-state index in [-0.39, 0.29) is 0 Å². The quantitative estimate of drug-likeness (QED) is 0.510. The molecule has 1 aliphatic rings. The highest BCUT2D eigenvalue weighted by Crippen LogP contribution is 2.38. The molecule has 14 heavy (non-hydrogen) atoms. The zero-order valence-electron chi connectivity index (χ0n) is 8.51. The second-order valence-electron chi connectivity index (χ2n) is 3.87. The van der Waals surface area contributed by atoms with Crippen LogP contribution in [-0.2, 0) is 9.53 Å². The molecule has 1 fully saturated rings. The highest BCUT2D eigenvalue weighted by molar-refractivity contribution is 5.80. The maximum Gasteiger partial charge on any atom is 0.377 e. The highest BCUT2D eigenvalue weighted by Gasteiger charge is 2.56. The van der Waals surface area contributed by atoms with Crippen molar-refractivity contribution in [3.8, 4) is 0 Å². The maximum absolute atomic E-state index is 13.0. The van der Waals surface area contributed by atoms with Gasteiger partial charge >= 0.3 is 11.9 Å². The van der Waals surface area contributed by atoms with E-state index in [1.807, 2.05) is 13.8 Å². The topological polar surface area (TPSA) is 26.3 Å². The van der Waals surface area contributed by atoms with Gasteiger partial charge < -0.3 is 4.74 Å². The molecule has 0 aromatic heterocycles. The van der Waals surface area contributed by atoms with Crippen LogP contribution in [0.1, 0.15) is 27.2 Å². The number of rotatable bonds is 2. The van der Waals surface area contributed by atoms with Crippen molar-refractivity contribution < 1.29 is 18.3 Å². The number of cyclic esters (lactones) is 1. The smallest absolute Gasteiger partial charge is 0.377 e. The Bertz CT molecular complexity index is 267. The van der Waals surface area contributed by atoms with Gasteiger partial charge in [-0.1, -0.05) is 18.6 Å². The van der Waals surface area contributed by atoms with E-state index in [9.17, 15) is 13.6 Å². The molecule has 0 aromatic rings. The number of hydrogen-bond donors (Lipinski definition) is 0. The first-order chi connectivity index (χ1) is 6.35. The van der Waals surface area contributed by atoms with E-state index < -0.39 is 23.9 Å². The third-order valence-corrected chi connectivity index (χ3v) is 2.42. The average Bonchev–Trinajstić information content (AvgIpc) is 2.26. The molecule has 0 saturated carbocycles. The molecule has 0 amide bonds. The van der Waals surface area contributed by atoms with Crippen molar-refractivity contribution in [2.24, 2.45) is 5.92 Å². The second kappa shape index (κ2) is 3.67. The SMILES string of the molecule is CC(C)=CCC1OC(=O)C(F)(F)[C@H]1C. The predicted molar refractivity (Wildman–Crippen MR) is 48.0 cm³/mol. The molecule has 1 unspecified atom stereocenters. The van der Waals surface area contributed by atoms with Crippen molar-refractivity contribution in [1.29, 1.82) is 0 Å². The summed E-state index contributed by atoms with van der Waals surface area (Å²) in [5, 5.41) is 0. The lowest BCUT2D eigenvalue weighted by Crippen LogP contribution is -2.30. The van der Waals surface area contributed by atoms with Gasteiger partial charge in [0.05, 0.1) is 5.92 Å². The molecule has 2 nitrogen and oxygen atoms in total. The van der Waals surface area contributed by atoms with Crippen LogP contribution in [0.3, 0.4) is 0 Å². The molecular weight excluding hydrogens is 190 g/mol. The summed E-state index contributed by atoms with van der Waals surface area (Å²) in [5.74, 6) is -5.75. The van der Waals surface area contributed by atoms with Gasteiger partial charge in [0.25, 0.3) is 0 Å². The van der Waals surface area contributed by atoms with Crippen molar-refractivity contribution in [1.82, 2.24) is 0 Å². The van der Waals surface area contributed by atoms with Crippen LogP contribution in [0.5, 0.6) is 0 Å². The molecule has 0 radical (unpaired) electrons. The molecular formula is C10H14F2O2. The maximum atomic E-state index is 13.0. The molecule has 0 spiro atoms. The van der Waals surface area contributed by atoms with Gasteiger partial charge in [-0.25, -0.2) is 4.79 Å². The summed E-state index contributed by atoms with van der Waals surface area (Å²) >= 11 is 0. The van der Waals surface area contributed by atoms with Gasteiger partial charge in [0.1, 0.15) is 6.10 Å². The lowest BCUT2D eigenvalue weighted by atomic mass is 9.97. The zero-order valence-corrected chi connectivity index (χ0v) is 8.51. The van der Waals surface area contributed by atoms with Crippen LogP contribution in [-0.4, -0.2) is 18.0 Å². The molecule has 1 saturated heterocycles. The third kappa shape index (κ3) is 1.94. The minimum absolute atomic E-state index is 0.366. The number of hydrogen-bond acceptors (Lipinski definition) is 2. The number of esters is 1. The summed E-state index contributed by atoms with van der Waals surface area (Å²) in [5.41, 5.74) is 1.03. The molecule has 1 aliphatic heterocycles. The standard InChI is InChI=1S/C10H14F2O2/c1-6(2)4-5-8-7(3)10(11,12)9(13)14-8/h4,7-8H,5H2,1-3H3/t7-,8?/m0/s1. The van der Waals surface area contributed by atoms with Gasteiger partial charge in [-0.05, 0) is 13.8 Å². The fraction of sp³-hybridized carbons (Fsp3) is 0.700. The van der Waals surface area contributed by atoms with Gasteiger partial charge in [-0.15, -0.1) is 0 Å². The summed E-state index contributed by atoms with van der Waals surface area (Å²) < 4.78 is 30.6. The minimum Gasteiger partial charge on any atom is -0.457 e. The molecule has 2 atom stereocenters. The van der Waals surface area contributed by atoms with Crippen molar-refractivity contribution in [3.63, 3.8) is 0 Å². The molecule has 0 N–H and O–H groups in total. The number of alkyl halides is 2. The van der Waals surface area contributed by atoms with Crippen LogP contribution in [0.2, 0.25) is 0 Å². The van der Waals surface area contributed by atoms with Crippen molar-refractivity contribution in [3.05, 3.63) is 11.6 Å². The average molecular weight is 204 g/mol. The van der Waals surface area contributed by atoms with Crippen LogP contribution in [0, 0.1) is 5.92 Å². The molecule has 1 heterocycles. The van der Waals surface area contributed by atoms with E-state index in [0.29, 0.717) is 6.42 Å². The lowest BCUT2D eigenvalue weighted by molar-refractivity contribution is -0.160. The Kier molecular flexibility index (Phi) is 2.92. The first kappa shape index (κ1) is 11.1. The van der Waals surface area contributed by atoms with Crippen LogP contribution in [0.25, 0.3) is 0 Å². The monoisotopic (exact) mass is 204 g/mol. The van der Waals surface area contributed by atoms with Crippen LogP contribution >= 0.6 is 0 Å². The summed E-state index contributed by atoms with van der Waals surface area (Å²) in [4.78, 5) is 10.8. The molecule has 80 valence electrons. The highest BCUT2D eigenvalue weighted by atomic mass is 19.3. The van der Waals surface area contributed by atoms with E-state index in [0.717, 1.165) is 5.57 Å².